The number of rotatable bonds is 6. The van der Waals surface area contributed by atoms with Crippen molar-refractivity contribution in [1.82, 2.24) is 4.98 Å². The van der Waals surface area contributed by atoms with E-state index < -0.39 is 5.97 Å². The second-order valence-corrected chi connectivity index (χ2v) is 5.85. The molecule has 1 aromatic heterocycles. The average molecular weight is 385 g/mol. The fraction of sp³-hybridized carbons (Fsp3) is 0.368. The van der Waals surface area contributed by atoms with Gasteiger partial charge in [0.25, 0.3) is 0 Å². The van der Waals surface area contributed by atoms with Crippen molar-refractivity contribution in [3.8, 4) is 11.1 Å². The van der Waals surface area contributed by atoms with E-state index in [4.69, 9.17) is 5.73 Å². The van der Waals surface area contributed by atoms with Crippen LogP contribution in [-0.2, 0) is 13.0 Å². The number of halogens is 2. The maximum atomic E-state index is 11.8. The van der Waals surface area contributed by atoms with Crippen LogP contribution in [0.1, 0.15) is 52.6 Å². The first-order valence-electron chi connectivity index (χ1n) is 8.02. The summed E-state index contributed by atoms with van der Waals surface area (Å²) in [5.74, 6) is -0.956. The van der Waals surface area contributed by atoms with E-state index in [1.165, 1.54) is 0 Å². The van der Waals surface area contributed by atoms with Gasteiger partial charge in [-0.3, -0.25) is 4.98 Å². The van der Waals surface area contributed by atoms with Gasteiger partial charge in [-0.2, -0.15) is 0 Å². The zero-order valence-electron chi connectivity index (χ0n) is 14.8. The molecule has 0 radical (unpaired) electrons. The first-order chi connectivity index (χ1) is 11.0. The normalized spacial score (nSPS) is 9.92. The van der Waals surface area contributed by atoms with Crippen molar-refractivity contribution in [3.63, 3.8) is 0 Å². The smallest absolute Gasteiger partial charge is 0.338 e. The summed E-state index contributed by atoms with van der Waals surface area (Å²) in [6, 6.07) is 7.89. The van der Waals surface area contributed by atoms with Crippen LogP contribution in [0, 0.1) is 13.8 Å². The minimum absolute atomic E-state index is 0. The first kappa shape index (κ1) is 23.4. The van der Waals surface area contributed by atoms with Gasteiger partial charge in [-0.05, 0) is 37.8 Å². The number of nitrogens with zero attached hydrogens (tertiary/aromatic N) is 1. The fourth-order valence-corrected chi connectivity index (χ4v) is 2.87. The van der Waals surface area contributed by atoms with Gasteiger partial charge in [0.15, 0.2) is 0 Å². The predicted molar refractivity (Wildman–Crippen MR) is 107 cm³/mol. The first-order valence-corrected chi connectivity index (χ1v) is 8.02. The van der Waals surface area contributed by atoms with Gasteiger partial charge in [-0.25, -0.2) is 4.79 Å². The number of hydrogen-bond donors (Lipinski definition) is 2. The lowest BCUT2D eigenvalue weighted by Crippen LogP contribution is -2.14. The Balaban J connectivity index is 0.00000288. The molecule has 1 heterocycles. The lowest BCUT2D eigenvalue weighted by Gasteiger charge is -2.18. The van der Waals surface area contributed by atoms with E-state index >= 15 is 0 Å². The van der Waals surface area contributed by atoms with Gasteiger partial charge < -0.3 is 10.8 Å². The highest BCUT2D eigenvalue weighted by Crippen LogP contribution is 2.32. The molecule has 0 aliphatic carbocycles. The second kappa shape index (κ2) is 10.4. The Morgan fingerprint density at radius 2 is 1.76 bits per heavy atom. The molecule has 0 amide bonds. The number of unbranched alkanes of at least 4 members (excludes halogenated alkanes) is 1. The number of nitrogens with two attached hydrogens (primary N) is 1. The molecule has 0 aliphatic rings. The van der Waals surface area contributed by atoms with Crippen molar-refractivity contribution < 1.29 is 9.90 Å². The van der Waals surface area contributed by atoms with Crippen LogP contribution in [0.4, 0.5) is 0 Å². The SMILES string of the molecule is CCCCc1nc(C)c(C(=O)O)c(-c2ccc(C)cc2)c1CN.Cl.Cl. The van der Waals surface area contributed by atoms with Crippen molar-refractivity contribution in [1.29, 1.82) is 0 Å². The molecule has 3 N–H and O–H groups in total. The summed E-state index contributed by atoms with van der Waals surface area (Å²) in [5.41, 5.74) is 11.3. The number of aryl methyl sites for hydroxylation is 3. The Hall–Kier alpha value is -1.62. The summed E-state index contributed by atoms with van der Waals surface area (Å²) in [4.78, 5) is 16.3. The molecule has 4 nitrogen and oxygen atoms in total. The van der Waals surface area contributed by atoms with Crippen molar-refractivity contribution >= 4 is 30.8 Å². The highest BCUT2D eigenvalue weighted by molar-refractivity contribution is 5.98. The van der Waals surface area contributed by atoms with Gasteiger partial charge in [-0.1, -0.05) is 43.2 Å². The Kier molecular flexibility index (Phi) is 9.72. The van der Waals surface area contributed by atoms with Crippen LogP contribution in [0.5, 0.6) is 0 Å². The van der Waals surface area contributed by atoms with Crippen LogP contribution in [0.2, 0.25) is 0 Å². The molecule has 6 heteroatoms. The molecule has 0 saturated heterocycles. The Morgan fingerprint density at radius 3 is 2.24 bits per heavy atom. The average Bonchev–Trinajstić information content (AvgIpc) is 2.52. The zero-order chi connectivity index (χ0) is 17.0. The highest BCUT2D eigenvalue weighted by Gasteiger charge is 2.22. The van der Waals surface area contributed by atoms with Gasteiger partial charge >= 0.3 is 5.97 Å². The Morgan fingerprint density at radius 1 is 1.16 bits per heavy atom. The predicted octanol–water partition coefficient (Wildman–Crippen LogP) is 4.71. The lowest BCUT2D eigenvalue weighted by molar-refractivity contribution is 0.0696. The molecular weight excluding hydrogens is 359 g/mol. The number of carbonyl (C=O) groups is 1. The summed E-state index contributed by atoms with van der Waals surface area (Å²) >= 11 is 0. The summed E-state index contributed by atoms with van der Waals surface area (Å²) in [6.45, 7) is 6.18. The summed E-state index contributed by atoms with van der Waals surface area (Å²) in [5, 5.41) is 9.67. The molecule has 0 unspecified atom stereocenters. The topological polar surface area (TPSA) is 76.2 Å². The second-order valence-electron chi connectivity index (χ2n) is 5.85. The van der Waals surface area contributed by atoms with Crippen molar-refractivity contribution in [2.45, 2.75) is 46.6 Å². The minimum atomic E-state index is -0.956. The van der Waals surface area contributed by atoms with Crippen molar-refractivity contribution in [2.24, 2.45) is 5.73 Å². The third-order valence-corrected chi connectivity index (χ3v) is 4.09. The number of benzene rings is 1. The van der Waals surface area contributed by atoms with Crippen LogP contribution < -0.4 is 5.73 Å². The number of carboxylic acids is 1. The molecule has 0 spiro atoms. The monoisotopic (exact) mass is 384 g/mol. The maximum Gasteiger partial charge on any atom is 0.338 e. The van der Waals surface area contributed by atoms with E-state index in [1.807, 2.05) is 31.2 Å². The van der Waals surface area contributed by atoms with E-state index in [0.717, 1.165) is 47.2 Å². The highest BCUT2D eigenvalue weighted by atomic mass is 35.5. The zero-order valence-corrected chi connectivity index (χ0v) is 16.5. The van der Waals surface area contributed by atoms with Crippen molar-refractivity contribution in [2.75, 3.05) is 0 Å². The van der Waals surface area contributed by atoms with E-state index in [0.29, 0.717) is 5.69 Å². The molecule has 0 fully saturated rings. The largest absolute Gasteiger partial charge is 0.478 e. The molecule has 138 valence electrons. The number of aromatic carboxylic acids is 1. The molecule has 25 heavy (non-hydrogen) atoms. The van der Waals surface area contributed by atoms with E-state index in [1.54, 1.807) is 6.92 Å². The minimum Gasteiger partial charge on any atom is -0.478 e. The Labute approximate surface area is 161 Å². The van der Waals surface area contributed by atoms with E-state index in [2.05, 4.69) is 11.9 Å². The summed E-state index contributed by atoms with van der Waals surface area (Å²) < 4.78 is 0. The fourth-order valence-electron chi connectivity index (χ4n) is 2.87. The van der Waals surface area contributed by atoms with Crippen LogP contribution in [0.25, 0.3) is 11.1 Å². The third kappa shape index (κ3) is 5.18. The van der Waals surface area contributed by atoms with E-state index in [9.17, 15) is 9.90 Å². The van der Waals surface area contributed by atoms with E-state index in [-0.39, 0.29) is 36.9 Å². The Bertz CT molecular complexity index is 716. The van der Waals surface area contributed by atoms with Crippen molar-refractivity contribution in [3.05, 3.63) is 52.3 Å². The maximum absolute atomic E-state index is 11.8. The van der Waals surface area contributed by atoms with Crippen LogP contribution >= 0.6 is 24.8 Å². The van der Waals surface area contributed by atoms with Crippen LogP contribution in [0.3, 0.4) is 0 Å². The van der Waals surface area contributed by atoms with Gasteiger partial charge in [-0.15, -0.1) is 24.8 Å². The van der Waals surface area contributed by atoms with Gasteiger partial charge in [0.2, 0.25) is 0 Å². The molecule has 0 saturated carbocycles. The molecule has 0 atom stereocenters. The third-order valence-electron chi connectivity index (χ3n) is 4.09. The molecule has 0 aliphatic heterocycles. The quantitative estimate of drug-likeness (QED) is 0.755. The lowest BCUT2D eigenvalue weighted by atomic mass is 9.90. The van der Waals surface area contributed by atoms with Gasteiger partial charge in [0, 0.05) is 17.8 Å². The number of carboxylic acid groups (broad SMARTS) is 1. The summed E-state index contributed by atoms with van der Waals surface area (Å²) in [7, 11) is 0. The molecule has 0 bridgehead atoms. The summed E-state index contributed by atoms with van der Waals surface area (Å²) in [6.07, 6.45) is 2.90. The van der Waals surface area contributed by atoms with Gasteiger partial charge in [0.05, 0.1) is 11.3 Å². The number of aromatic nitrogens is 1. The standard InChI is InChI=1S/C19H24N2O2.2ClH/c1-4-5-6-16-15(11-20)18(14-9-7-12(2)8-10-14)17(19(22)23)13(3)21-16;;/h7-10H,4-6,11,20H2,1-3H3,(H,22,23);2*1H. The van der Waals surface area contributed by atoms with Crippen LogP contribution in [0.15, 0.2) is 24.3 Å². The number of hydrogen-bond acceptors (Lipinski definition) is 3. The molecular formula is C19H26Cl2N2O2. The number of pyridine rings is 1. The van der Waals surface area contributed by atoms with Gasteiger partial charge in [0.1, 0.15) is 0 Å². The van der Waals surface area contributed by atoms with Crippen LogP contribution in [-0.4, -0.2) is 16.1 Å². The molecule has 1 aromatic carbocycles. The molecule has 2 rings (SSSR count). The molecule has 2 aromatic rings.